The van der Waals surface area contributed by atoms with E-state index in [9.17, 15) is 38.7 Å². The number of Topliss-reactive ketones (excluding diaryl/α,β-unsaturated/α-hetero) is 1. The number of nitrogens with zero attached hydrogens (tertiary/aromatic N) is 3. The summed E-state index contributed by atoms with van der Waals surface area (Å²) < 4.78 is 6.40. The van der Waals surface area contributed by atoms with Crippen LogP contribution in [-0.4, -0.2) is 126 Å². The van der Waals surface area contributed by atoms with Crippen LogP contribution in [0.25, 0.3) is 16.5 Å². The molecule has 0 bridgehead atoms. The van der Waals surface area contributed by atoms with E-state index >= 15 is 0 Å². The first-order valence-corrected chi connectivity index (χ1v) is 26.2. The highest BCUT2D eigenvalue weighted by molar-refractivity contribution is 6.01. The maximum absolute atomic E-state index is 14.3. The van der Waals surface area contributed by atoms with Gasteiger partial charge in [-0.1, -0.05) is 65.3 Å². The Labute approximate surface area is 421 Å². The van der Waals surface area contributed by atoms with Crippen LogP contribution in [0, 0.1) is 52.3 Å². The monoisotopic (exact) mass is 992 g/mol. The number of H-pyrrole nitrogens is 1. The number of ether oxygens (including phenoxy) is 1. The van der Waals surface area contributed by atoms with Crippen molar-refractivity contribution in [1.82, 2.24) is 25.0 Å². The third-order valence-corrected chi connectivity index (χ3v) is 18.9. The molecule has 0 spiro atoms. The number of ketones is 2. The molecule has 3 saturated heterocycles. The maximum Gasteiger partial charge on any atom is 0.328 e. The van der Waals surface area contributed by atoms with E-state index in [1.165, 1.54) is 47.1 Å². The van der Waals surface area contributed by atoms with E-state index in [1.807, 2.05) is 39.1 Å². The molecule has 5 aliphatic carbocycles. The number of aromatic amines is 1. The normalized spacial score (nSPS) is 36.5. The van der Waals surface area contributed by atoms with Crippen LogP contribution in [-0.2, 0) is 44.7 Å². The molecular formula is C56H73N5O11. The summed E-state index contributed by atoms with van der Waals surface area (Å²) in [6.07, 6.45) is 18.3. The predicted octanol–water partition coefficient (Wildman–Crippen LogP) is 6.48. The number of carbonyl (C=O) groups is 7. The topological polar surface area (TPSA) is 227 Å². The number of aliphatic carboxylic acids is 2. The number of fused-ring (bicyclic) bond motifs is 10. The van der Waals surface area contributed by atoms with E-state index in [2.05, 4.69) is 47.4 Å². The zero-order valence-electron chi connectivity index (χ0n) is 43.0. The van der Waals surface area contributed by atoms with Gasteiger partial charge < -0.3 is 30.5 Å². The van der Waals surface area contributed by atoms with E-state index in [1.54, 1.807) is 25.7 Å². The number of benzene rings is 1. The molecule has 5 N–H and O–H groups in total. The lowest BCUT2D eigenvalue weighted by molar-refractivity contribution is -0.323. The first-order chi connectivity index (χ1) is 34.0. The molecule has 0 unspecified atom stereocenters. The number of carboxylic acid groups (broad SMARTS) is 2. The Morgan fingerprint density at radius 2 is 1.65 bits per heavy atom. The lowest BCUT2D eigenvalue weighted by Gasteiger charge is -2.58. The molecular weight excluding hydrogens is 919 g/mol. The molecule has 1 aromatic carbocycles. The molecule has 9 aliphatic rings. The number of aliphatic hydroxyl groups is 1. The number of carboxylic acids is 2. The van der Waals surface area contributed by atoms with Gasteiger partial charge in [0.1, 0.15) is 17.9 Å². The number of allylic oxidation sites excluding steroid dienone is 1. The SMILES string of the molecule is CC(=O)[C@H]1CC[C@H]2[C@@H]3CCC4=CC(=O)CC[C@]4(C)[C@H]3CC[C@]12C.CC(C)[C@@H]1C(=O)N2CCC[C@H]2[C@]2(O)O[C@](NC(=O)[C@@H]3C=C4c5cccc6[nH]cc(c56)C[C@H]4N(C)C3)(C(C)C)C(=O)N12.O=C(O)/C=C\C(=O)O. The van der Waals surface area contributed by atoms with Crippen molar-refractivity contribution >= 4 is 57.7 Å². The Kier molecular flexibility index (Phi) is 13.4. The van der Waals surface area contributed by atoms with Crippen molar-refractivity contribution < 1.29 is 53.6 Å². The molecule has 72 heavy (non-hydrogen) atoms. The maximum atomic E-state index is 14.3. The summed E-state index contributed by atoms with van der Waals surface area (Å²) in [5.74, 6) is -3.58. The number of amides is 3. The van der Waals surface area contributed by atoms with Gasteiger partial charge in [-0.05, 0) is 142 Å². The second-order valence-electron chi connectivity index (χ2n) is 23.4. The van der Waals surface area contributed by atoms with Crippen molar-refractivity contribution in [3.63, 3.8) is 0 Å². The highest BCUT2D eigenvalue weighted by Gasteiger charge is 2.72. The van der Waals surface area contributed by atoms with Crippen LogP contribution in [0.3, 0.4) is 0 Å². The van der Waals surface area contributed by atoms with Gasteiger partial charge in [0.2, 0.25) is 17.5 Å². The minimum atomic E-state index is -2.01. The van der Waals surface area contributed by atoms with Gasteiger partial charge in [0.15, 0.2) is 5.78 Å². The largest absolute Gasteiger partial charge is 0.478 e. The van der Waals surface area contributed by atoms with Gasteiger partial charge >= 0.3 is 11.9 Å². The van der Waals surface area contributed by atoms with Crippen LogP contribution >= 0.6 is 0 Å². The average molecular weight is 992 g/mol. The molecule has 5 heterocycles. The van der Waals surface area contributed by atoms with Gasteiger partial charge in [-0.25, -0.2) is 9.59 Å². The minimum absolute atomic E-state index is 0.150. The fourth-order valence-corrected chi connectivity index (χ4v) is 15.3. The van der Waals surface area contributed by atoms with E-state index in [-0.39, 0.29) is 34.6 Å². The number of hydrogen-bond donors (Lipinski definition) is 5. The van der Waals surface area contributed by atoms with Gasteiger partial charge in [0.25, 0.3) is 11.8 Å². The van der Waals surface area contributed by atoms with Crippen LogP contribution in [0.4, 0.5) is 0 Å². The molecule has 6 fully saturated rings. The van der Waals surface area contributed by atoms with Crippen LogP contribution in [0.1, 0.15) is 124 Å². The molecule has 12 atom stereocenters. The first kappa shape index (κ1) is 51.5. The molecule has 3 saturated carbocycles. The smallest absolute Gasteiger partial charge is 0.328 e. The van der Waals surface area contributed by atoms with E-state index in [0.717, 1.165) is 66.5 Å². The highest BCUT2D eigenvalue weighted by Crippen LogP contribution is 2.66. The fraction of sp³-hybridized carbons (Fsp3) is 0.625. The number of rotatable bonds is 7. The quantitative estimate of drug-likeness (QED) is 0.188. The van der Waals surface area contributed by atoms with Crippen molar-refractivity contribution in [3.05, 3.63) is 65.4 Å². The summed E-state index contributed by atoms with van der Waals surface area (Å²) >= 11 is 0. The molecule has 11 rings (SSSR count). The summed E-state index contributed by atoms with van der Waals surface area (Å²) in [4.78, 5) is 93.5. The van der Waals surface area contributed by atoms with Gasteiger partial charge in [-0.15, -0.1) is 0 Å². The minimum Gasteiger partial charge on any atom is -0.478 e. The summed E-state index contributed by atoms with van der Waals surface area (Å²) in [5, 5.41) is 31.9. The van der Waals surface area contributed by atoms with Crippen molar-refractivity contribution in [1.29, 1.82) is 0 Å². The van der Waals surface area contributed by atoms with Crippen molar-refractivity contribution in [3.8, 4) is 0 Å². The van der Waals surface area contributed by atoms with Crippen LogP contribution < -0.4 is 5.32 Å². The van der Waals surface area contributed by atoms with E-state index in [4.69, 9.17) is 14.9 Å². The average Bonchev–Trinajstić information content (AvgIpc) is 4.12. The second kappa shape index (κ2) is 18.8. The van der Waals surface area contributed by atoms with Crippen LogP contribution in [0.2, 0.25) is 0 Å². The molecule has 16 nitrogen and oxygen atoms in total. The lowest BCUT2D eigenvalue weighted by Crippen LogP contribution is -2.72. The second-order valence-corrected chi connectivity index (χ2v) is 23.4. The Morgan fingerprint density at radius 3 is 2.32 bits per heavy atom. The standard InChI is InChI=1S/C31H39N5O5.C21H30O2.C4H4O4/c1-16(2)26-28(38)35-11-7-10-24(35)31(40)36(26)29(39)30(41-31,17(3)4)33-27(37)19-12-21-20-8-6-9-22-25(20)18(14-32-22)13-23(21)34(5)15-19;1-13(22)17-6-7-18-16-5-4-14-12-15(23)8-10-20(14,2)19(16)9-11-21(17,18)3;5-3(6)1-2-4(7)8/h6,8-9,12,14,16-17,19,23-24,26,32,40H,7,10-11,13,15H2,1-5H3,(H,33,37);12,16-19H,4-11H2,1-3H3;1-2H,(H,5,6)(H,7,8)/b;;2-1-/t19-,23-,24+,26-,30-,31+;16-,17+,18-,19-,20-,21+;/m10./s1. The van der Waals surface area contributed by atoms with Crippen LogP contribution in [0.15, 0.2) is 54.3 Å². The zero-order chi connectivity index (χ0) is 52.0. The van der Waals surface area contributed by atoms with Crippen molar-refractivity contribution in [2.45, 2.75) is 149 Å². The first-order valence-electron chi connectivity index (χ1n) is 26.2. The Morgan fingerprint density at radius 1 is 0.931 bits per heavy atom. The number of aromatic nitrogens is 1. The third-order valence-electron chi connectivity index (χ3n) is 18.9. The summed E-state index contributed by atoms with van der Waals surface area (Å²) in [6, 6.07) is 4.80. The zero-order valence-corrected chi connectivity index (χ0v) is 43.0. The summed E-state index contributed by atoms with van der Waals surface area (Å²) in [6.45, 7) is 15.0. The molecule has 2 aromatic rings. The number of piperazine rings is 1. The van der Waals surface area contributed by atoms with E-state index < -0.39 is 53.4 Å². The Bertz CT molecular complexity index is 2670. The van der Waals surface area contributed by atoms with Crippen molar-refractivity contribution in [2.75, 3.05) is 20.1 Å². The fourth-order valence-electron chi connectivity index (χ4n) is 15.3. The Hall–Kier alpha value is -5.45. The van der Waals surface area contributed by atoms with Crippen molar-refractivity contribution in [2.24, 2.45) is 52.3 Å². The molecule has 0 radical (unpaired) electrons. The summed E-state index contributed by atoms with van der Waals surface area (Å²) in [5.41, 5.74) is 4.73. The van der Waals surface area contributed by atoms with Gasteiger partial charge in [-0.2, -0.15) is 0 Å². The Balaban J connectivity index is 0.000000172. The molecule has 16 heteroatoms. The molecule has 3 amide bonds. The number of likely N-dealkylation sites (N-methyl/N-ethyl adjacent to an activating group) is 1. The predicted molar refractivity (Wildman–Crippen MR) is 267 cm³/mol. The lowest BCUT2D eigenvalue weighted by atomic mass is 9.47. The number of hydrogen-bond acceptors (Lipinski definition) is 10. The van der Waals surface area contributed by atoms with Gasteiger partial charge in [0, 0.05) is 66.6 Å². The van der Waals surface area contributed by atoms with Gasteiger partial charge in [-0.3, -0.25) is 38.5 Å². The summed E-state index contributed by atoms with van der Waals surface area (Å²) in [7, 11) is 2.03. The molecule has 4 aliphatic heterocycles. The number of carbonyl (C=O) groups excluding carboxylic acids is 5. The molecule has 388 valence electrons. The van der Waals surface area contributed by atoms with Crippen LogP contribution in [0.5, 0.6) is 0 Å². The number of nitrogens with one attached hydrogen (secondary N) is 2. The van der Waals surface area contributed by atoms with E-state index in [0.29, 0.717) is 55.6 Å². The molecule has 1 aromatic heterocycles. The third kappa shape index (κ3) is 8.27. The van der Waals surface area contributed by atoms with Gasteiger partial charge in [0.05, 0.1) is 5.92 Å². The highest BCUT2D eigenvalue weighted by atomic mass is 16.7.